The van der Waals surface area contributed by atoms with E-state index < -0.39 is 0 Å². The predicted molar refractivity (Wildman–Crippen MR) is 108 cm³/mol. The largest absolute Gasteiger partial charge is 0.507 e. The van der Waals surface area contributed by atoms with Gasteiger partial charge in [0.1, 0.15) is 17.2 Å². The monoisotopic (exact) mass is 371 g/mol. The van der Waals surface area contributed by atoms with Crippen LogP contribution < -0.4 is 5.32 Å². The van der Waals surface area contributed by atoms with Gasteiger partial charge >= 0.3 is 0 Å². The van der Waals surface area contributed by atoms with E-state index >= 15 is 0 Å². The highest BCUT2D eigenvalue weighted by Crippen LogP contribution is 2.37. The van der Waals surface area contributed by atoms with Crippen LogP contribution in [0.15, 0.2) is 12.1 Å². The molecule has 0 aliphatic rings. The van der Waals surface area contributed by atoms with Gasteiger partial charge in [-0.15, -0.1) is 0 Å². The van der Waals surface area contributed by atoms with E-state index in [0.29, 0.717) is 41.6 Å². The molecule has 0 aromatic heterocycles. The fourth-order valence-electron chi connectivity index (χ4n) is 3.33. The minimum absolute atomic E-state index is 0.0802. The topological polar surface area (TPSA) is 89.8 Å². The zero-order valence-electron chi connectivity index (χ0n) is 16.7. The summed E-state index contributed by atoms with van der Waals surface area (Å²) in [5.74, 6) is 0.640. The van der Waals surface area contributed by atoms with E-state index in [0.717, 1.165) is 23.1 Å². The molecule has 2 rings (SSSR count). The summed E-state index contributed by atoms with van der Waals surface area (Å²) in [6.45, 7) is 8.98. The van der Waals surface area contributed by atoms with E-state index in [-0.39, 0.29) is 23.2 Å². The minimum atomic E-state index is -0.0802. The first kappa shape index (κ1) is 20.6. The lowest BCUT2D eigenvalue weighted by Gasteiger charge is -2.16. The van der Waals surface area contributed by atoms with E-state index in [1.54, 1.807) is 46.8 Å². The van der Waals surface area contributed by atoms with Gasteiger partial charge in [-0.3, -0.25) is 4.79 Å². The zero-order chi connectivity index (χ0) is 20.3. The van der Waals surface area contributed by atoms with Gasteiger partial charge in [-0.1, -0.05) is 0 Å². The summed E-state index contributed by atoms with van der Waals surface area (Å²) < 4.78 is 0. The molecule has 0 fully saturated rings. The maximum atomic E-state index is 12.2. The lowest BCUT2D eigenvalue weighted by molar-refractivity contribution is -0.116. The summed E-state index contributed by atoms with van der Waals surface area (Å²) in [6.07, 6.45) is 2.39. The average Bonchev–Trinajstić information content (AvgIpc) is 2.62. The number of benzene rings is 2. The molecule has 2 aromatic carbocycles. The molecule has 2 aromatic rings. The molecule has 0 aliphatic carbocycles. The molecule has 5 heteroatoms. The summed E-state index contributed by atoms with van der Waals surface area (Å²) in [5.41, 5.74) is 4.99. The van der Waals surface area contributed by atoms with Crippen LogP contribution in [-0.2, 0) is 11.2 Å². The van der Waals surface area contributed by atoms with Gasteiger partial charge in [0, 0.05) is 17.7 Å². The lowest BCUT2D eigenvalue weighted by Crippen LogP contribution is -2.11. The predicted octanol–water partition coefficient (Wildman–Crippen LogP) is 4.70. The molecule has 0 saturated carbocycles. The van der Waals surface area contributed by atoms with E-state index in [1.165, 1.54) is 0 Å². The van der Waals surface area contributed by atoms with Crippen molar-refractivity contribution >= 4 is 11.6 Å². The van der Waals surface area contributed by atoms with Gasteiger partial charge in [-0.2, -0.15) is 0 Å². The smallest absolute Gasteiger partial charge is 0.224 e. The second kappa shape index (κ2) is 8.33. The Balaban J connectivity index is 1.92. The number of rotatable bonds is 6. The Kier molecular flexibility index (Phi) is 6.37. The summed E-state index contributed by atoms with van der Waals surface area (Å²) >= 11 is 0. The van der Waals surface area contributed by atoms with E-state index in [4.69, 9.17) is 0 Å². The van der Waals surface area contributed by atoms with E-state index in [2.05, 4.69) is 5.32 Å². The standard InChI is InChI=1S/C22H29NO4/c1-12-10-17(11-13(2)20(12)25)23-19(24)9-7-6-8-18-16(5)21(26)14(3)15(4)22(18)27/h10-11,25-27H,6-9H2,1-5H3,(H,23,24). The molecular weight excluding hydrogens is 342 g/mol. The molecular formula is C22H29NO4. The number of amides is 1. The maximum Gasteiger partial charge on any atom is 0.224 e. The maximum absolute atomic E-state index is 12.2. The second-order valence-corrected chi connectivity index (χ2v) is 7.26. The fraction of sp³-hybridized carbons (Fsp3) is 0.409. The van der Waals surface area contributed by atoms with Gasteiger partial charge in [-0.05, 0) is 93.8 Å². The van der Waals surface area contributed by atoms with Crippen LogP contribution in [0.2, 0.25) is 0 Å². The van der Waals surface area contributed by atoms with Crippen molar-refractivity contribution in [3.63, 3.8) is 0 Å². The Morgan fingerprint density at radius 1 is 0.815 bits per heavy atom. The van der Waals surface area contributed by atoms with Gasteiger partial charge in [0.05, 0.1) is 0 Å². The third kappa shape index (κ3) is 4.54. The SMILES string of the molecule is Cc1cc(NC(=O)CCCCc2c(C)c(O)c(C)c(C)c2O)cc(C)c1O. The summed E-state index contributed by atoms with van der Waals surface area (Å²) in [4.78, 5) is 12.2. The molecule has 146 valence electrons. The molecule has 0 heterocycles. The van der Waals surface area contributed by atoms with Crippen molar-refractivity contribution in [2.45, 2.75) is 60.3 Å². The fourth-order valence-corrected chi connectivity index (χ4v) is 3.33. The molecule has 0 radical (unpaired) electrons. The Hall–Kier alpha value is -2.69. The van der Waals surface area contributed by atoms with Crippen LogP contribution in [-0.4, -0.2) is 21.2 Å². The molecule has 0 bridgehead atoms. The number of phenols is 3. The molecule has 27 heavy (non-hydrogen) atoms. The Morgan fingerprint density at radius 2 is 1.37 bits per heavy atom. The highest BCUT2D eigenvalue weighted by molar-refractivity contribution is 5.91. The Bertz CT molecular complexity index is 819. The first-order valence-electron chi connectivity index (χ1n) is 9.24. The molecule has 5 nitrogen and oxygen atoms in total. The van der Waals surface area contributed by atoms with Gasteiger partial charge in [0.2, 0.25) is 5.91 Å². The van der Waals surface area contributed by atoms with Crippen LogP contribution in [0, 0.1) is 34.6 Å². The number of hydrogen-bond acceptors (Lipinski definition) is 4. The molecule has 1 amide bonds. The van der Waals surface area contributed by atoms with Crippen molar-refractivity contribution in [3.8, 4) is 17.2 Å². The first-order valence-corrected chi connectivity index (χ1v) is 9.24. The van der Waals surface area contributed by atoms with Crippen LogP contribution in [0.5, 0.6) is 17.2 Å². The number of aromatic hydroxyl groups is 3. The second-order valence-electron chi connectivity index (χ2n) is 7.26. The number of anilines is 1. The van der Waals surface area contributed by atoms with Gasteiger partial charge in [0.15, 0.2) is 0 Å². The average molecular weight is 371 g/mol. The number of phenolic OH excluding ortho intramolecular Hbond substituents is 3. The third-order valence-electron chi connectivity index (χ3n) is 5.22. The molecule has 0 saturated heterocycles. The van der Waals surface area contributed by atoms with Gasteiger partial charge < -0.3 is 20.6 Å². The van der Waals surface area contributed by atoms with Crippen molar-refractivity contribution in [1.82, 2.24) is 0 Å². The summed E-state index contributed by atoms with van der Waals surface area (Å²) in [5, 5.41) is 33.2. The lowest BCUT2D eigenvalue weighted by atomic mass is 9.94. The number of aryl methyl sites for hydroxylation is 2. The Labute approximate surface area is 160 Å². The van der Waals surface area contributed by atoms with Crippen LogP contribution in [0.25, 0.3) is 0 Å². The van der Waals surface area contributed by atoms with Crippen LogP contribution in [0.4, 0.5) is 5.69 Å². The summed E-state index contributed by atoms with van der Waals surface area (Å²) in [7, 11) is 0. The number of hydrogen-bond donors (Lipinski definition) is 4. The van der Waals surface area contributed by atoms with Crippen molar-refractivity contribution < 1.29 is 20.1 Å². The van der Waals surface area contributed by atoms with Crippen molar-refractivity contribution in [2.24, 2.45) is 0 Å². The highest BCUT2D eigenvalue weighted by atomic mass is 16.3. The molecule has 0 spiro atoms. The van der Waals surface area contributed by atoms with E-state index in [9.17, 15) is 20.1 Å². The van der Waals surface area contributed by atoms with Crippen LogP contribution in [0.1, 0.15) is 52.6 Å². The van der Waals surface area contributed by atoms with Crippen LogP contribution >= 0.6 is 0 Å². The highest BCUT2D eigenvalue weighted by Gasteiger charge is 2.16. The van der Waals surface area contributed by atoms with E-state index in [1.807, 2.05) is 0 Å². The number of unbranched alkanes of at least 4 members (excludes halogenated alkanes) is 1. The first-order chi connectivity index (χ1) is 12.6. The van der Waals surface area contributed by atoms with Gasteiger partial charge in [0.25, 0.3) is 0 Å². The quantitative estimate of drug-likeness (QED) is 0.438. The number of nitrogens with one attached hydrogen (secondary N) is 1. The zero-order valence-corrected chi connectivity index (χ0v) is 16.7. The molecule has 4 N–H and O–H groups in total. The van der Waals surface area contributed by atoms with Crippen molar-refractivity contribution in [2.75, 3.05) is 5.32 Å². The summed E-state index contributed by atoms with van der Waals surface area (Å²) in [6, 6.07) is 3.50. The molecule has 0 atom stereocenters. The molecule has 0 unspecified atom stereocenters. The Morgan fingerprint density at radius 3 is 1.96 bits per heavy atom. The number of carbonyl (C=O) groups is 1. The van der Waals surface area contributed by atoms with Crippen molar-refractivity contribution in [3.05, 3.63) is 45.5 Å². The minimum Gasteiger partial charge on any atom is -0.507 e. The van der Waals surface area contributed by atoms with Crippen LogP contribution in [0.3, 0.4) is 0 Å². The molecule has 0 aliphatic heterocycles. The number of carbonyl (C=O) groups excluding carboxylic acids is 1. The van der Waals surface area contributed by atoms with Gasteiger partial charge in [-0.25, -0.2) is 0 Å². The van der Waals surface area contributed by atoms with Crippen molar-refractivity contribution in [1.29, 1.82) is 0 Å². The normalized spacial score (nSPS) is 10.9. The third-order valence-corrected chi connectivity index (χ3v) is 5.22.